The van der Waals surface area contributed by atoms with E-state index in [0.717, 1.165) is 10.9 Å². The summed E-state index contributed by atoms with van der Waals surface area (Å²) >= 11 is 5.97. The summed E-state index contributed by atoms with van der Waals surface area (Å²) in [6.07, 6.45) is 2.32. The molecule has 1 saturated heterocycles. The molecule has 2 heterocycles. The highest BCUT2D eigenvalue weighted by atomic mass is 35.5. The van der Waals surface area contributed by atoms with E-state index in [1.807, 2.05) is 24.4 Å². The van der Waals surface area contributed by atoms with Gasteiger partial charge < -0.3 is 9.88 Å². The molecule has 1 N–H and O–H groups in total. The molecule has 7 heteroatoms. The van der Waals surface area contributed by atoms with Crippen LogP contribution >= 0.6 is 11.6 Å². The number of nitrogens with zero attached hydrogens (tertiary/aromatic N) is 1. The summed E-state index contributed by atoms with van der Waals surface area (Å²) in [6.45, 7) is 0.153. The van der Waals surface area contributed by atoms with E-state index in [9.17, 15) is 13.2 Å². The monoisotopic (exact) mass is 326 g/mol. The quantitative estimate of drug-likeness (QED) is 0.931. The zero-order valence-electron chi connectivity index (χ0n) is 11.3. The second kappa shape index (κ2) is 5.35. The van der Waals surface area contributed by atoms with Crippen molar-refractivity contribution < 1.29 is 13.2 Å². The summed E-state index contributed by atoms with van der Waals surface area (Å²) in [5.74, 6) is 0.00589. The first kappa shape index (κ1) is 14.4. The lowest BCUT2D eigenvalue weighted by atomic mass is 10.2. The molecule has 0 unspecified atom stereocenters. The summed E-state index contributed by atoms with van der Waals surface area (Å²) in [7, 11) is -2.98. The lowest BCUT2D eigenvalue weighted by Crippen LogP contribution is -2.37. The van der Waals surface area contributed by atoms with Gasteiger partial charge in [0.25, 0.3) is 0 Å². The molecule has 1 aliphatic heterocycles. The Morgan fingerprint density at radius 1 is 1.38 bits per heavy atom. The summed E-state index contributed by atoms with van der Waals surface area (Å²) in [5.41, 5.74) is 0.886. The van der Waals surface area contributed by atoms with Gasteiger partial charge in [-0.25, -0.2) is 8.42 Å². The number of nitrogens with one attached hydrogen (secondary N) is 1. The summed E-state index contributed by atoms with van der Waals surface area (Å²) in [6, 6.07) is 7.16. The van der Waals surface area contributed by atoms with Crippen molar-refractivity contribution >= 4 is 38.2 Å². The SMILES string of the molecule is O=C(Cn1ccc2ccc(Cl)cc21)N[C@@H]1CCS(=O)(=O)C1. The van der Waals surface area contributed by atoms with Gasteiger partial charge in [0.15, 0.2) is 9.84 Å². The van der Waals surface area contributed by atoms with Crippen LogP contribution in [0.2, 0.25) is 5.02 Å². The fraction of sp³-hybridized carbons (Fsp3) is 0.357. The molecule has 5 nitrogen and oxygen atoms in total. The maximum Gasteiger partial charge on any atom is 0.240 e. The van der Waals surface area contributed by atoms with E-state index in [-0.39, 0.29) is 30.0 Å². The molecular weight excluding hydrogens is 312 g/mol. The average Bonchev–Trinajstić information content (AvgIpc) is 2.93. The van der Waals surface area contributed by atoms with E-state index in [1.165, 1.54) is 0 Å². The van der Waals surface area contributed by atoms with Crippen LogP contribution in [0.4, 0.5) is 0 Å². The molecule has 1 aromatic heterocycles. The van der Waals surface area contributed by atoms with Crippen LogP contribution in [0.15, 0.2) is 30.5 Å². The third kappa shape index (κ3) is 3.22. The molecule has 1 amide bonds. The number of hydrogen-bond acceptors (Lipinski definition) is 3. The fourth-order valence-electron chi connectivity index (χ4n) is 2.63. The zero-order valence-corrected chi connectivity index (χ0v) is 12.8. The van der Waals surface area contributed by atoms with Crippen LogP contribution in [-0.4, -0.2) is 36.4 Å². The van der Waals surface area contributed by atoms with Crippen LogP contribution in [0.5, 0.6) is 0 Å². The second-order valence-corrected chi connectivity index (χ2v) is 7.98. The Morgan fingerprint density at radius 2 is 2.19 bits per heavy atom. The summed E-state index contributed by atoms with van der Waals surface area (Å²) < 4.78 is 24.6. The Kier molecular flexibility index (Phi) is 3.67. The van der Waals surface area contributed by atoms with Gasteiger partial charge in [0, 0.05) is 22.8 Å². The van der Waals surface area contributed by atoms with Gasteiger partial charge in [0.1, 0.15) is 6.54 Å². The first-order valence-corrected chi connectivity index (χ1v) is 8.87. The van der Waals surface area contributed by atoms with Gasteiger partial charge in [0.05, 0.1) is 11.5 Å². The van der Waals surface area contributed by atoms with Crippen molar-refractivity contribution in [3.63, 3.8) is 0 Å². The van der Waals surface area contributed by atoms with Crippen LogP contribution in [0.25, 0.3) is 10.9 Å². The molecule has 21 heavy (non-hydrogen) atoms. The standard InChI is InChI=1S/C14H15ClN2O3S/c15-11-2-1-10-3-5-17(13(10)7-11)8-14(18)16-12-4-6-21(19,20)9-12/h1-3,5,7,12H,4,6,8-9H2,(H,16,18)/t12-/m1/s1. The van der Waals surface area contributed by atoms with Crippen molar-refractivity contribution in [2.45, 2.75) is 19.0 Å². The number of aromatic nitrogens is 1. The third-order valence-corrected chi connectivity index (χ3v) is 5.65. The highest BCUT2D eigenvalue weighted by Gasteiger charge is 2.28. The molecule has 1 fully saturated rings. The predicted octanol–water partition coefficient (Wildman–Crippen LogP) is 1.60. The number of carbonyl (C=O) groups is 1. The summed E-state index contributed by atoms with van der Waals surface area (Å²) in [4.78, 5) is 12.0. The number of halogens is 1. The first-order valence-electron chi connectivity index (χ1n) is 6.67. The van der Waals surface area contributed by atoms with Crippen LogP contribution in [0.1, 0.15) is 6.42 Å². The van der Waals surface area contributed by atoms with E-state index < -0.39 is 9.84 Å². The Hall–Kier alpha value is -1.53. The Morgan fingerprint density at radius 3 is 2.90 bits per heavy atom. The van der Waals surface area contributed by atoms with E-state index in [4.69, 9.17) is 11.6 Å². The molecule has 3 rings (SSSR count). The number of fused-ring (bicyclic) bond motifs is 1. The minimum Gasteiger partial charge on any atom is -0.351 e. The van der Waals surface area contributed by atoms with Crippen molar-refractivity contribution in [3.05, 3.63) is 35.5 Å². The fourth-order valence-corrected chi connectivity index (χ4v) is 4.47. The number of amides is 1. The number of benzene rings is 1. The van der Waals surface area contributed by atoms with Gasteiger partial charge >= 0.3 is 0 Å². The van der Waals surface area contributed by atoms with Crippen LogP contribution in [0.3, 0.4) is 0 Å². The topological polar surface area (TPSA) is 68.2 Å². The minimum absolute atomic E-state index is 0.0387. The molecule has 1 aromatic carbocycles. The normalized spacial score (nSPS) is 20.7. The molecule has 2 aromatic rings. The third-order valence-electron chi connectivity index (χ3n) is 3.65. The van der Waals surface area contributed by atoms with Gasteiger partial charge in [-0.15, -0.1) is 0 Å². The van der Waals surface area contributed by atoms with E-state index >= 15 is 0 Å². The predicted molar refractivity (Wildman–Crippen MR) is 82.1 cm³/mol. The number of sulfone groups is 1. The molecule has 0 aliphatic carbocycles. The lowest BCUT2D eigenvalue weighted by molar-refractivity contribution is -0.122. The van der Waals surface area contributed by atoms with Crippen molar-refractivity contribution in [3.8, 4) is 0 Å². The second-order valence-electron chi connectivity index (χ2n) is 5.31. The molecule has 0 radical (unpaired) electrons. The Balaban J connectivity index is 1.70. The van der Waals surface area contributed by atoms with E-state index in [2.05, 4.69) is 5.32 Å². The number of rotatable bonds is 3. The first-order chi connectivity index (χ1) is 9.93. The van der Waals surface area contributed by atoms with Gasteiger partial charge in [0.2, 0.25) is 5.91 Å². The molecule has 0 saturated carbocycles. The molecule has 1 atom stereocenters. The van der Waals surface area contributed by atoms with Crippen LogP contribution < -0.4 is 5.32 Å². The number of hydrogen-bond donors (Lipinski definition) is 1. The largest absolute Gasteiger partial charge is 0.351 e. The van der Waals surface area contributed by atoms with Crippen LogP contribution in [-0.2, 0) is 21.2 Å². The van der Waals surface area contributed by atoms with Crippen molar-refractivity contribution in [2.24, 2.45) is 0 Å². The number of carbonyl (C=O) groups excluding carboxylic acids is 1. The molecule has 0 bridgehead atoms. The zero-order chi connectivity index (χ0) is 15.0. The average molecular weight is 327 g/mol. The van der Waals surface area contributed by atoms with E-state index in [1.54, 1.807) is 10.6 Å². The molecule has 1 aliphatic rings. The molecule has 112 valence electrons. The van der Waals surface area contributed by atoms with Crippen molar-refractivity contribution in [1.29, 1.82) is 0 Å². The highest BCUT2D eigenvalue weighted by Crippen LogP contribution is 2.20. The lowest BCUT2D eigenvalue weighted by Gasteiger charge is -2.12. The summed E-state index contributed by atoms with van der Waals surface area (Å²) in [5, 5.41) is 4.41. The molecule has 0 spiro atoms. The van der Waals surface area contributed by atoms with Crippen LogP contribution in [0, 0.1) is 0 Å². The molecular formula is C14H15ClN2O3S. The van der Waals surface area contributed by atoms with Gasteiger partial charge in [-0.05, 0) is 30.0 Å². The maximum absolute atomic E-state index is 12.0. The van der Waals surface area contributed by atoms with Crippen molar-refractivity contribution in [2.75, 3.05) is 11.5 Å². The minimum atomic E-state index is -2.98. The van der Waals surface area contributed by atoms with Gasteiger partial charge in [-0.3, -0.25) is 4.79 Å². The van der Waals surface area contributed by atoms with E-state index in [0.29, 0.717) is 11.4 Å². The highest BCUT2D eigenvalue weighted by molar-refractivity contribution is 7.91. The Bertz CT molecular complexity index is 798. The smallest absolute Gasteiger partial charge is 0.240 e. The maximum atomic E-state index is 12.0. The van der Waals surface area contributed by atoms with Gasteiger partial charge in [-0.1, -0.05) is 17.7 Å². The van der Waals surface area contributed by atoms with Gasteiger partial charge in [-0.2, -0.15) is 0 Å². The van der Waals surface area contributed by atoms with Crippen molar-refractivity contribution in [1.82, 2.24) is 9.88 Å². The Labute approximate surface area is 127 Å².